The fraction of sp³-hybridized carbons (Fsp3) is 0.333. The Morgan fingerprint density at radius 1 is 0.589 bits per heavy atom. The molecule has 0 spiro atoms. The average molecular weight is 813 g/mol. The van der Waals surface area contributed by atoms with Crippen molar-refractivity contribution in [3.63, 3.8) is 0 Å². The molecule has 0 aliphatic carbocycles. The van der Waals surface area contributed by atoms with E-state index in [1.165, 1.54) is 46.3 Å². The smallest absolute Gasteiger partial charge is 0.205 e. The number of halogens is 2. The van der Waals surface area contributed by atoms with Gasteiger partial charge in [-0.05, 0) is 84.6 Å². The highest BCUT2D eigenvalue weighted by Gasteiger charge is 2.22. The van der Waals surface area contributed by atoms with Gasteiger partial charge in [-0.25, -0.2) is 4.39 Å². The van der Waals surface area contributed by atoms with Crippen LogP contribution in [0.15, 0.2) is 97.1 Å². The highest BCUT2D eigenvalue weighted by Crippen LogP contribution is 2.27. The Morgan fingerprint density at radius 2 is 1.14 bits per heavy atom. The average Bonchev–Trinajstić information content (AvgIpc) is 3.95. The maximum atomic E-state index is 13.1. The summed E-state index contributed by atoms with van der Waals surface area (Å²) in [5.41, 5.74) is 4.46. The van der Waals surface area contributed by atoms with Crippen LogP contribution in [0.4, 0.5) is 14.7 Å². The van der Waals surface area contributed by atoms with E-state index in [0.717, 1.165) is 117 Å². The van der Waals surface area contributed by atoms with Crippen LogP contribution in [0, 0.1) is 5.82 Å². The van der Waals surface area contributed by atoms with E-state index in [1.807, 2.05) is 42.5 Å². The molecule has 0 N–H and O–H groups in total. The van der Waals surface area contributed by atoms with Gasteiger partial charge in [0.2, 0.25) is 10.3 Å². The van der Waals surface area contributed by atoms with Crippen molar-refractivity contribution in [3.8, 4) is 34.3 Å². The van der Waals surface area contributed by atoms with E-state index in [0.29, 0.717) is 10.8 Å². The SMILES string of the molecule is COc1ccc(CCN2CCN(c3nc(-c4ccc(F)cc4)ns3)CC2)cc1.COc1cccc(CCN2CCN(c3nc(-c4cccc(Cl)c4)ns3)CC2)c1. The topological polar surface area (TPSA) is 83.0 Å². The summed E-state index contributed by atoms with van der Waals surface area (Å²) in [5.74, 6) is 3.00. The van der Waals surface area contributed by atoms with Crippen LogP contribution in [0.25, 0.3) is 22.8 Å². The summed E-state index contributed by atoms with van der Waals surface area (Å²) < 4.78 is 32.6. The number of rotatable bonds is 12. The van der Waals surface area contributed by atoms with Gasteiger partial charge < -0.3 is 19.3 Å². The van der Waals surface area contributed by atoms with Crippen LogP contribution < -0.4 is 19.3 Å². The van der Waals surface area contributed by atoms with Crippen LogP contribution in [0.3, 0.4) is 0 Å². The number of piperazine rings is 2. The second-order valence-corrected chi connectivity index (χ2v) is 15.6. The van der Waals surface area contributed by atoms with Crippen molar-refractivity contribution in [1.82, 2.24) is 28.5 Å². The minimum absolute atomic E-state index is 0.245. The van der Waals surface area contributed by atoms with E-state index in [9.17, 15) is 4.39 Å². The fourth-order valence-corrected chi connectivity index (χ4v) is 8.34. The van der Waals surface area contributed by atoms with Crippen LogP contribution in [0.1, 0.15) is 11.1 Å². The Kier molecular flexibility index (Phi) is 13.8. The zero-order valence-corrected chi connectivity index (χ0v) is 34.1. The number of benzene rings is 4. The van der Waals surface area contributed by atoms with E-state index >= 15 is 0 Å². The molecular weight excluding hydrogens is 767 g/mol. The molecule has 0 radical (unpaired) electrons. The number of hydrogen-bond donors (Lipinski definition) is 0. The number of ether oxygens (including phenoxy) is 2. The Labute approximate surface area is 341 Å². The molecule has 14 heteroatoms. The number of nitrogens with zero attached hydrogens (tertiary/aromatic N) is 8. The van der Waals surface area contributed by atoms with Gasteiger partial charge in [-0.1, -0.05) is 48.0 Å². The fourth-order valence-electron chi connectivity index (χ4n) is 6.67. The molecule has 2 aliphatic rings. The largest absolute Gasteiger partial charge is 0.497 e. The van der Waals surface area contributed by atoms with Crippen molar-refractivity contribution in [2.24, 2.45) is 0 Å². The summed E-state index contributed by atoms with van der Waals surface area (Å²) in [6.07, 6.45) is 2.08. The van der Waals surface area contributed by atoms with Gasteiger partial charge in [-0.15, -0.1) is 0 Å². The molecule has 4 aromatic carbocycles. The van der Waals surface area contributed by atoms with E-state index in [-0.39, 0.29) is 5.82 Å². The highest BCUT2D eigenvalue weighted by atomic mass is 35.5. The molecule has 292 valence electrons. The molecule has 2 fully saturated rings. The van der Waals surface area contributed by atoms with Crippen molar-refractivity contribution in [3.05, 3.63) is 119 Å². The van der Waals surface area contributed by atoms with Crippen molar-refractivity contribution in [2.45, 2.75) is 12.8 Å². The molecule has 6 aromatic rings. The van der Waals surface area contributed by atoms with E-state index in [2.05, 4.69) is 63.7 Å². The molecule has 2 aromatic heterocycles. The van der Waals surface area contributed by atoms with E-state index in [4.69, 9.17) is 26.1 Å². The summed E-state index contributed by atoms with van der Waals surface area (Å²) in [6.45, 7) is 10.1. The Balaban J connectivity index is 0.000000172. The summed E-state index contributed by atoms with van der Waals surface area (Å²) in [4.78, 5) is 19.0. The first-order valence-corrected chi connectivity index (χ1v) is 20.7. The number of anilines is 2. The molecule has 0 amide bonds. The molecule has 0 saturated carbocycles. The zero-order valence-electron chi connectivity index (χ0n) is 31.7. The van der Waals surface area contributed by atoms with E-state index in [1.54, 1.807) is 26.4 Å². The Hall–Kier alpha value is -4.66. The first kappa shape index (κ1) is 39.6. The third-order valence-corrected chi connectivity index (χ3v) is 11.8. The zero-order chi connectivity index (χ0) is 38.7. The minimum atomic E-state index is -0.245. The molecule has 10 nitrogen and oxygen atoms in total. The number of aromatic nitrogens is 4. The van der Waals surface area contributed by atoms with Crippen LogP contribution in [0.5, 0.6) is 11.5 Å². The molecule has 0 unspecified atom stereocenters. The van der Waals surface area contributed by atoms with Crippen LogP contribution in [0.2, 0.25) is 5.02 Å². The maximum Gasteiger partial charge on any atom is 0.205 e. The highest BCUT2D eigenvalue weighted by molar-refractivity contribution is 7.10. The summed E-state index contributed by atoms with van der Waals surface area (Å²) in [6, 6.07) is 30.6. The van der Waals surface area contributed by atoms with Crippen LogP contribution in [-0.4, -0.2) is 108 Å². The molecular formula is C42H46ClFN8O2S2. The normalized spacial score (nSPS) is 15.0. The maximum absolute atomic E-state index is 13.1. The lowest BCUT2D eigenvalue weighted by Gasteiger charge is -2.34. The molecule has 56 heavy (non-hydrogen) atoms. The van der Waals surface area contributed by atoms with Gasteiger partial charge in [-0.3, -0.25) is 9.80 Å². The summed E-state index contributed by atoms with van der Waals surface area (Å²) in [5, 5.41) is 2.63. The van der Waals surface area contributed by atoms with Crippen LogP contribution in [-0.2, 0) is 12.8 Å². The second kappa shape index (κ2) is 19.5. The van der Waals surface area contributed by atoms with Crippen molar-refractivity contribution >= 4 is 44.9 Å². The first-order chi connectivity index (χ1) is 27.4. The van der Waals surface area contributed by atoms with Gasteiger partial charge in [0.25, 0.3) is 0 Å². The van der Waals surface area contributed by atoms with Gasteiger partial charge in [0.05, 0.1) is 14.2 Å². The third kappa shape index (κ3) is 10.8. The lowest BCUT2D eigenvalue weighted by Crippen LogP contribution is -2.47. The van der Waals surface area contributed by atoms with Crippen molar-refractivity contribution in [1.29, 1.82) is 0 Å². The minimum Gasteiger partial charge on any atom is -0.497 e. The Bertz CT molecular complexity index is 2120. The molecule has 4 heterocycles. The van der Waals surface area contributed by atoms with Crippen molar-refractivity contribution < 1.29 is 13.9 Å². The van der Waals surface area contributed by atoms with Gasteiger partial charge in [0.1, 0.15) is 17.3 Å². The van der Waals surface area contributed by atoms with Gasteiger partial charge >= 0.3 is 0 Å². The quantitative estimate of drug-likeness (QED) is 0.122. The van der Waals surface area contributed by atoms with Gasteiger partial charge in [-0.2, -0.15) is 18.7 Å². The lowest BCUT2D eigenvalue weighted by atomic mass is 10.1. The Morgan fingerprint density at radius 3 is 1.71 bits per heavy atom. The molecule has 0 atom stereocenters. The monoisotopic (exact) mass is 812 g/mol. The molecule has 2 saturated heterocycles. The van der Waals surface area contributed by atoms with Gasteiger partial charge in [0, 0.05) is 105 Å². The second-order valence-electron chi connectivity index (χ2n) is 13.7. The summed E-state index contributed by atoms with van der Waals surface area (Å²) in [7, 11) is 3.40. The van der Waals surface area contributed by atoms with Crippen molar-refractivity contribution in [2.75, 3.05) is 89.5 Å². The molecule has 0 bridgehead atoms. The van der Waals surface area contributed by atoms with Crippen LogP contribution >= 0.6 is 34.7 Å². The molecule has 8 rings (SSSR count). The standard InChI is InChI=1S/C21H23ClN4OS.C21H23FN4OS/c1-27-19-7-2-4-16(14-19)8-9-25-10-12-26(13-11-25)21-23-20(24-28-21)17-5-3-6-18(22)15-17;1-27-19-8-2-16(3-9-19)10-11-25-12-14-26(15-13-25)21-23-20(24-28-21)17-4-6-18(22)7-5-17/h2-7,14-15H,8-13H2,1H3;2-9H,10-15H2,1H3. The lowest BCUT2D eigenvalue weighted by molar-refractivity contribution is 0.261. The third-order valence-electron chi connectivity index (χ3n) is 10.0. The summed E-state index contributed by atoms with van der Waals surface area (Å²) >= 11 is 8.95. The number of hydrogen-bond acceptors (Lipinski definition) is 12. The predicted molar refractivity (Wildman–Crippen MR) is 226 cm³/mol. The van der Waals surface area contributed by atoms with E-state index < -0.39 is 0 Å². The predicted octanol–water partition coefficient (Wildman–Crippen LogP) is 7.95. The molecule has 2 aliphatic heterocycles. The number of methoxy groups -OCH3 is 2. The first-order valence-electron chi connectivity index (χ1n) is 18.8. The van der Waals surface area contributed by atoms with Gasteiger partial charge in [0.15, 0.2) is 11.6 Å².